The first-order valence-corrected chi connectivity index (χ1v) is 16.8. The van der Waals surface area contributed by atoms with Crippen LogP contribution in [0.1, 0.15) is 106 Å². The van der Waals surface area contributed by atoms with Crippen molar-refractivity contribution in [3.63, 3.8) is 0 Å². The van der Waals surface area contributed by atoms with Gasteiger partial charge in [-0.05, 0) is 83.5 Å². The summed E-state index contributed by atoms with van der Waals surface area (Å²) in [5, 5.41) is 9.85. The number of hydrogen-bond donors (Lipinski definition) is 0. The average Bonchev–Trinajstić information content (AvgIpc) is 3.08. The summed E-state index contributed by atoms with van der Waals surface area (Å²) in [5.41, 5.74) is 5.97. The number of aryl methyl sites for hydroxylation is 1. The molecule has 0 aliphatic carbocycles. The van der Waals surface area contributed by atoms with Crippen molar-refractivity contribution in [3.05, 3.63) is 108 Å². The van der Waals surface area contributed by atoms with Crippen LogP contribution < -0.4 is 9.47 Å². The van der Waals surface area contributed by atoms with Crippen molar-refractivity contribution in [1.29, 1.82) is 5.26 Å². The molecule has 0 heterocycles. The van der Waals surface area contributed by atoms with Crippen LogP contribution in [-0.4, -0.2) is 12.6 Å². The van der Waals surface area contributed by atoms with Crippen molar-refractivity contribution in [2.75, 3.05) is 6.61 Å². The predicted molar refractivity (Wildman–Crippen MR) is 185 cm³/mol. The first-order chi connectivity index (χ1) is 22.1. The molecule has 4 aromatic rings. The summed E-state index contributed by atoms with van der Waals surface area (Å²) in [6, 6.07) is 31.4. The van der Waals surface area contributed by atoms with E-state index in [0.29, 0.717) is 16.9 Å². The van der Waals surface area contributed by atoms with E-state index in [0.717, 1.165) is 47.5 Å². The molecule has 0 aliphatic rings. The zero-order chi connectivity index (χ0) is 31.7. The number of nitriles is 1. The second-order valence-electron chi connectivity index (χ2n) is 11.8. The van der Waals surface area contributed by atoms with Gasteiger partial charge >= 0.3 is 5.97 Å². The SMILES string of the molecule is CCCCCCCCOc1ccc(-c2ccc(OC(=O)c3ccc(-c4ccc(CCCCCCC)cc4)c(C#N)c3)cc2)cc1. The van der Waals surface area contributed by atoms with Crippen molar-refractivity contribution in [1.82, 2.24) is 0 Å². The smallest absolute Gasteiger partial charge is 0.343 e. The fourth-order valence-electron chi connectivity index (χ4n) is 5.50. The molecule has 4 aromatic carbocycles. The van der Waals surface area contributed by atoms with Gasteiger partial charge in [0.25, 0.3) is 0 Å². The van der Waals surface area contributed by atoms with E-state index in [2.05, 4.69) is 44.2 Å². The molecule has 4 nitrogen and oxygen atoms in total. The number of benzene rings is 4. The zero-order valence-corrected chi connectivity index (χ0v) is 27.0. The maximum atomic E-state index is 13.0. The Morgan fingerprint density at radius 3 is 1.80 bits per heavy atom. The van der Waals surface area contributed by atoms with Crippen LogP contribution in [0, 0.1) is 11.3 Å². The minimum atomic E-state index is -0.490. The molecule has 0 atom stereocenters. The van der Waals surface area contributed by atoms with E-state index in [1.165, 1.54) is 69.8 Å². The summed E-state index contributed by atoms with van der Waals surface area (Å²) >= 11 is 0. The van der Waals surface area contributed by atoms with Crippen LogP contribution in [-0.2, 0) is 6.42 Å². The second kappa shape index (κ2) is 18.4. The minimum absolute atomic E-state index is 0.347. The Balaban J connectivity index is 1.29. The summed E-state index contributed by atoms with van der Waals surface area (Å²) in [7, 11) is 0. The Hall–Kier alpha value is -4.36. The van der Waals surface area contributed by atoms with E-state index in [9.17, 15) is 10.1 Å². The van der Waals surface area contributed by atoms with Gasteiger partial charge in [0.1, 0.15) is 11.5 Å². The van der Waals surface area contributed by atoms with Gasteiger partial charge in [-0.2, -0.15) is 5.26 Å². The molecule has 0 bridgehead atoms. The van der Waals surface area contributed by atoms with E-state index in [1.54, 1.807) is 24.3 Å². The van der Waals surface area contributed by atoms with Crippen LogP contribution >= 0.6 is 0 Å². The topological polar surface area (TPSA) is 59.3 Å². The van der Waals surface area contributed by atoms with Gasteiger partial charge in [0, 0.05) is 0 Å². The Morgan fingerprint density at radius 1 is 0.622 bits per heavy atom. The van der Waals surface area contributed by atoms with Crippen molar-refractivity contribution in [2.24, 2.45) is 0 Å². The highest BCUT2D eigenvalue weighted by molar-refractivity contribution is 5.92. The highest BCUT2D eigenvalue weighted by Gasteiger charge is 2.14. The number of carbonyl (C=O) groups excluding carboxylic acids is 1. The van der Waals surface area contributed by atoms with Gasteiger partial charge in [-0.3, -0.25) is 0 Å². The number of unbranched alkanes of at least 4 members (excludes halogenated alkanes) is 9. The largest absolute Gasteiger partial charge is 0.494 e. The van der Waals surface area contributed by atoms with Gasteiger partial charge in [-0.25, -0.2) is 4.79 Å². The summed E-state index contributed by atoms with van der Waals surface area (Å²) in [5.74, 6) is 0.845. The molecule has 0 unspecified atom stereocenters. The Bertz CT molecular complexity index is 1500. The third kappa shape index (κ3) is 10.6. The van der Waals surface area contributed by atoms with Gasteiger partial charge in [-0.15, -0.1) is 0 Å². The predicted octanol–water partition coefficient (Wildman–Crippen LogP) is 11.4. The molecule has 0 aliphatic heterocycles. The number of esters is 1. The molecule has 0 N–H and O–H groups in total. The highest BCUT2D eigenvalue weighted by Crippen LogP contribution is 2.28. The van der Waals surface area contributed by atoms with E-state index in [4.69, 9.17) is 9.47 Å². The third-order valence-electron chi connectivity index (χ3n) is 8.23. The number of nitrogens with zero attached hydrogens (tertiary/aromatic N) is 1. The molecule has 0 amide bonds. The zero-order valence-electron chi connectivity index (χ0n) is 27.0. The Kier molecular flexibility index (Phi) is 13.7. The summed E-state index contributed by atoms with van der Waals surface area (Å²) < 4.78 is 11.6. The fourth-order valence-corrected chi connectivity index (χ4v) is 5.50. The molecule has 0 aromatic heterocycles. The molecule has 0 radical (unpaired) electrons. The second-order valence-corrected chi connectivity index (χ2v) is 11.8. The van der Waals surface area contributed by atoms with E-state index in [-0.39, 0.29) is 0 Å². The molecule has 0 saturated heterocycles. The lowest BCUT2D eigenvalue weighted by atomic mass is 9.96. The quantitative estimate of drug-likeness (QED) is 0.0646. The van der Waals surface area contributed by atoms with E-state index in [1.807, 2.05) is 42.5 Å². The van der Waals surface area contributed by atoms with Gasteiger partial charge in [0.05, 0.1) is 23.8 Å². The molecule has 0 fully saturated rings. The normalized spacial score (nSPS) is 10.8. The van der Waals surface area contributed by atoms with Crippen molar-refractivity contribution in [3.8, 4) is 39.8 Å². The molecule has 4 rings (SSSR count). The van der Waals surface area contributed by atoms with Crippen LogP contribution in [0.25, 0.3) is 22.3 Å². The molecule has 234 valence electrons. The molecular weight excluding hydrogens is 554 g/mol. The maximum absolute atomic E-state index is 13.0. The molecule has 45 heavy (non-hydrogen) atoms. The average molecular weight is 602 g/mol. The molecule has 0 spiro atoms. The standard InChI is InChI=1S/C41H47NO3/c1-3-5-7-9-11-13-29-44-38-24-19-33(20-25-38)34-21-26-39(27-22-34)45-41(43)36-23-28-40(37(30-36)31-42)35-17-15-32(16-18-35)14-12-10-8-6-4-2/h15-28,30H,3-14,29H2,1-2H3. The molecule has 4 heteroatoms. The maximum Gasteiger partial charge on any atom is 0.343 e. The Labute approximate surface area is 270 Å². The lowest BCUT2D eigenvalue weighted by molar-refractivity contribution is 0.0734. The lowest BCUT2D eigenvalue weighted by Gasteiger charge is -2.10. The van der Waals surface area contributed by atoms with Crippen LogP contribution in [0.5, 0.6) is 11.5 Å². The van der Waals surface area contributed by atoms with Crippen molar-refractivity contribution < 1.29 is 14.3 Å². The van der Waals surface area contributed by atoms with Crippen LogP contribution in [0.15, 0.2) is 91.0 Å². The first-order valence-electron chi connectivity index (χ1n) is 16.8. The molecular formula is C41H47NO3. The van der Waals surface area contributed by atoms with Gasteiger partial charge in [-0.1, -0.05) is 126 Å². The minimum Gasteiger partial charge on any atom is -0.494 e. The Morgan fingerprint density at radius 2 is 1.18 bits per heavy atom. The molecule has 0 saturated carbocycles. The number of hydrogen-bond acceptors (Lipinski definition) is 4. The number of rotatable bonds is 18. The first kappa shape index (κ1) is 33.5. The monoisotopic (exact) mass is 601 g/mol. The van der Waals surface area contributed by atoms with Gasteiger partial charge in [0.2, 0.25) is 0 Å². The van der Waals surface area contributed by atoms with E-state index < -0.39 is 5.97 Å². The summed E-state index contributed by atoms with van der Waals surface area (Å²) in [6.07, 6.45) is 14.9. The number of carbonyl (C=O) groups is 1. The third-order valence-corrected chi connectivity index (χ3v) is 8.23. The van der Waals surface area contributed by atoms with Gasteiger partial charge in [0.15, 0.2) is 0 Å². The summed E-state index contributed by atoms with van der Waals surface area (Å²) in [6.45, 7) is 5.22. The van der Waals surface area contributed by atoms with Crippen LogP contribution in [0.3, 0.4) is 0 Å². The van der Waals surface area contributed by atoms with Crippen molar-refractivity contribution in [2.45, 2.75) is 90.9 Å². The fraction of sp³-hybridized carbons (Fsp3) is 0.366. The van der Waals surface area contributed by atoms with Crippen LogP contribution in [0.2, 0.25) is 0 Å². The van der Waals surface area contributed by atoms with E-state index >= 15 is 0 Å². The van der Waals surface area contributed by atoms with Gasteiger partial charge < -0.3 is 9.47 Å². The van der Waals surface area contributed by atoms with Crippen LogP contribution in [0.4, 0.5) is 0 Å². The van der Waals surface area contributed by atoms with Crippen molar-refractivity contribution >= 4 is 5.97 Å². The highest BCUT2D eigenvalue weighted by atomic mass is 16.5. The number of ether oxygens (including phenoxy) is 2. The summed E-state index contributed by atoms with van der Waals surface area (Å²) in [4.78, 5) is 13.0. The lowest BCUT2D eigenvalue weighted by Crippen LogP contribution is -2.09.